The van der Waals surface area contributed by atoms with Crippen LogP contribution >= 0.6 is 35.4 Å². The first kappa shape index (κ1) is 20.7. The summed E-state index contributed by atoms with van der Waals surface area (Å²) >= 11 is 17.8. The number of thiocarbonyl (C=S) groups is 1. The molecule has 148 valence electrons. The first-order valence-electron chi connectivity index (χ1n) is 8.83. The van der Waals surface area contributed by atoms with Gasteiger partial charge >= 0.3 is 0 Å². The van der Waals surface area contributed by atoms with Crippen molar-refractivity contribution < 1.29 is 14.3 Å². The van der Waals surface area contributed by atoms with Crippen molar-refractivity contribution in [3.05, 3.63) is 52.0 Å². The Labute approximate surface area is 179 Å². The molecule has 28 heavy (non-hydrogen) atoms. The number of likely N-dealkylation sites (tertiary alicyclic amines) is 1. The van der Waals surface area contributed by atoms with Crippen LogP contribution in [-0.2, 0) is 4.79 Å². The number of amides is 1. The SMILES string of the molecule is COc1cc(C(=S)N2CCCC2)cc(Cl)c1OCC(=O)Nc1ccc(Cl)cc1. The Morgan fingerprint density at radius 3 is 2.50 bits per heavy atom. The molecule has 1 N–H and O–H groups in total. The molecule has 1 saturated heterocycles. The smallest absolute Gasteiger partial charge is 0.262 e. The average Bonchev–Trinajstić information content (AvgIpc) is 3.22. The molecule has 1 aliphatic rings. The van der Waals surface area contributed by atoms with Gasteiger partial charge in [-0.1, -0.05) is 35.4 Å². The second-order valence-corrected chi connectivity index (χ2v) is 7.56. The molecule has 1 aliphatic heterocycles. The van der Waals surface area contributed by atoms with Crippen LogP contribution in [0.5, 0.6) is 11.5 Å². The normalized spacial score (nSPS) is 13.3. The van der Waals surface area contributed by atoms with Gasteiger partial charge in [0.15, 0.2) is 18.1 Å². The molecule has 1 fully saturated rings. The highest BCUT2D eigenvalue weighted by molar-refractivity contribution is 7.80. The Bertz CT molecular complexity index is 868. The number of methoxy groups -OCH3 is 1. The molecule has 5 nitrogen and oxygen atoms in total. The first-order valence-corrected chi connectivity index (χ1v) is 9.99. The second kappa shape index (κ2) is 9.45. The predicted octanol–water partition coefficient (Wildman–Crippen LogP) is 4.79. The number of benzene rings is 2. The van der Waals surface area contributed by atoms with E-state index < -0.39 is 0 Å². The van der Waals surface area contributed by atoms with Gasteiger partial charge in [0, 0.05) is 29.4 Å². The summed E-state index contributed by atoms with van der Waals surface area (Å²) in [6, 6.07) is 10.3. The van der Waals surface area contributed by atoms with Crippen molar-refractivity contribution in [2.75, 3.05) is 32.1 Å². The van der Waals surface area contributed by atoms with Crippen LogP contribution in [0, 0.1) is 0 Å². The van der Waals surface area contributed by atoms with Crippen LogP contribution < -0.4 is 14.8 Å². The van der Waals surface area contributed by atoms with E-state index >= 15 is 0 Å². The predicted molar refractivity (Wildman–Crippen MR) is 116 cm³/mol. The lowest BCUT2D eigenvalue weighted by atomic mass is 10.2. The third-order valence-electron chi connectivity index (χ3n) is 4.35. The number of ether oxygens (including phenoxy) is 2. The van der Waals surface area contributed by atoms with E-state index in [1.54, 1.807) is 36.4 Å². The van der Waals surface area contributed by atoms with E-state index in [2.05, 4.69) is 10.2 Å². The minimum atomic E-state index is -0.322. The molecule has 0 aromatic heterocycles. The van der Waals surface area contributed by atoms with E-state index in [1.807, 2.05) is 0 Å². The van der Waals surface area contributed by atoms with Gasteiger partial charge in [0.25, 0.3) is 5.91 Å². The van der Waals surface area contributed by atoms with Crippen LogP contribution in [0.4, 0.5) is 5.69 Å². The third kappa shape index (κ3) is 5.07. The second-order valence-electron chi connectivity index (χ2n) is 6.33. The summed E-state index contributed by atoms with van der Waals surface area (Å²) in [4.78, 5) is 15.0. The standard InChI is InChI=1S/C20H20Cl2N2O3S/c1-26-17-11-13(20(28)24-8-2-3-9-24)10-16(22)19(17)27-12-18(25)23-15-6-4-14(21)5-7-15/h4-7,10-11H,2-3,8-9,12H2,1H3,(H,23,25). The van der Waals surface area contributed by atoms with Gasteiger partial charge in [-0.25, -0.2) is 0 Å². The van der Waals surface area contributed by atoms with Crippen LogP contribution in [0.3, 0.4) is 0 Å². The van der Waals surface area contributed by atoms with E-state index in [0.29, 0.717) is 27.2 Å². The Balaban J connectivity index is 1.68. The van der Waals surface area contributed by atoms with Gasteiger partial charge in [-0.2, -0.15) is 0 Å². The van der Waals surface area contributed by atoms with Gasteiger partial charge in [-0.15, -0.1) is 0 Å². The van der Waals surface area contributed by atoms with Gasteiger partial charge in [0.1, 0.15) is 4.99 Å². The highest BCUT2D eigenvalue weighted by Crippen LogP contribution is 2.37. The fraction of sp³-hybridized carbons (Fsp3) is 0.300. The molecule has 0 radical (unpaired) electrons. The molecule has 0 spiro atoms. The molecule has 0 saturated carbocycles. The number of hydrogen-bond acceptors (Lipinski definition) is 4. The lowest BCUT2D eigenvalue weighted by Crippen LogP contribution is -2.26. The number of hydrogen-bond donors (Lipinski definition) is 1. The maximum absolute atomic E-state index is 12.2. The molecule has 2 aromatic carbocycles. The summed E-state index contributed by atoms with van der Waals surface area (Å²) < 4.78 is 11.0. The molecule has 0 unspecified atom stereocenters. The van der Waals surface area contributed by atoms with Gasteiger partial charge in [-0.3, -0.25) is 4.79 Å². The molecule has 2 aromatic rings. The molecule has 0 atom stereocenters. The molecular formula is C20H20Cl2N2O3S. The van der Waals surface area contributed by atoms with E-state index in [-0.39, 0.29) is 12.5 Å². The topological polar surface area (TPSA) is 50.8 Å². The lowest BCUT2D eigenvalue weighted by molar-refractivity contribution is -0.118. The fourth-order valence-corrected chi connectivity index (χ4v) is 3.65. The molecule has 3 rings (SSSR count). The van der Waals surface area contributed by atoms with E-state index in [9.17, 15) is 4.79 Å². The summed E-state index contributed by atoms with van der Waals surface area (Å²) in [6.07, 6.45) is 2.27. The fourth-order valence-electron chi connectivity index (χ4n) is 2.95. The van der Waals surface area contributed by atoms with Gasteiger partial charge in [0.2, 0.25) is 0 Å². The van der Waals surface area contributed by atoms with Crippen LogP contribution in [-0.4, -0.2) is 42.6 Å². The number of carbonyl (C=O) groups is 1. The van der Waals surface area contributed by atoms with Crippen molar-refractivity contribution in [3.63, 3.8) is 0 Å². The minimum Gasteiger partial charge on any atom is -0.493 e. The van der Waals surface area contributed by atoms with Crippen molar-refractivity contribution in [1.82, 2.24) is 4.90 Å². The molecule has 0 bridgehead atoms. The molecule has 8 heteroatoms. The summed E-state index contributed by atoms with van der Waals surface area (Å²) in [5, 5.41) is 3.67. The van der Waals surface area contributed by atoms with Crippen LogP contribution in [0.2, 0.25) is 10.0 Å². The molecule has 1 heterocycles. The van der Waals surface area contributed by atoms with Crippen molar-refractivity contribution in [2.45, 2.75) is 12.8 Å². The number of anilines is 1. The zero-order valence-corrected chi connectivity index (χ0v) is 17.7. The highest BCUT2D eigenvalue weighted by atomic mass is 35.5. The van der Waals surface area contributed by atoms with Gasteiger partial charge in [0.05, 0.1) is 12.1 Å². The summed E-state index contributed by atoms with van der Waals surface area (Å²) in [5.41, 5.74) is 1.43. The first-order chi connectivity index (χ1) is 13.5. The number of halogens is 2. The Morgan fingerprint density at radius 2 is 1.86 bits per heavy atom. The van der Waals surface area contributed by atoms with Crippen molar-refractivity contribution >= 4 is 52.0 Å². The van der Waals surface area contributed by atoms with Crippen molar-refractivity contribution in [1.29, 1.82) is 0 Å². The molecular weight excluding hydrogens is 419 g/mol. The minimum absolute atomic E-state index is 0.214. The largest absolute Gasteiger partial charge is 0.493 e. The van der Waals surface area contributed by atoms with Gasteiger partial charge in [-0.05, 0) is 49.2 Å². The average molecular weight is 439 g/mol. The Kier molecular flexibility index (Phi) is 6.99. The summed E-state index contributed by atoms with van der Waals surface area (Å²) in [7, 11) is 1.52. The monoisotopic (exact) mass is 438 g/mol. The van der Waals surface area contributed by atoms with Crippen LogP contribution in [0.25, 0.3) is 0 Å². The maximum atomic E-state index is 12.2. The third-order valence-corrected chi connectivity index (χ3v) is 5.37. The highest BCUT2D eigenvalue weighted by Gasteiger charge is 2.20. The van der Waals surface area contributed by atoms with Crippen LogP contribution in [0.1, 0.15) is 18.4 Å². The number of rotatable bonds is 6. The van der Waals surface area contributed by atoms with Crippen LogP contribution in [0.15, 0.2) is 36.4 Å². The molecule has 0 aliphatic carbocycles. The Hall–Kier alpha value is -2.02. The quantitative estimate of drug-likeness (QED) is 0.656. The van der Waals surface area contributed by atoms with E-state index in [4.69, 9.17) is 44.9 Å². The maximum Gasteiger partial charge on any atom is 0.262 e. The number of nitrogens with one attached hydrogen (secondary N) is 1. The zero-order chi connectivity index (χ0) is 20.1. The summed E-state index contributed by atoms with van der Waals surface area (Å²) in [5.74, 6) is 0.420. The Morgan fingerprint density at radius 1 is 1.18 bits per heavy atom. The summed E-state index contributed by atoms with van der Waals surface area (Å²) in [6.45, 7) is 1.68. The van der Waals surface area contributed by atoms with Crippen molar-refractivity contribution in [2.24, 2.45) is 0 Å². The number of nitrogens with zero attached hydrogens (tertiary/aromatic N) is 1. The van der Waals surface area contributed by atoms with Gasteiger partial charge < -0.3 is 19.7 Å². The number of carbonyl (C=O) groups excluding carboxylic acids is 1. The van der Waals surface area contributed by atoms with E-state index in [0.717, 1.165) is 36.5 Å². The van der Waals surface area contributed by atoms with E-state index in [1.165, 1.54) is 7.11 Å². The lowest BCUT2D eigenvalue weighted by Gasteiger charge is -2.20. The molecule has 1 amide bonds. The zero-order valence-electron chi connectivity index (χ0n) is 15.3. The van der Waals surface area contributed by atoms with Crippen molar-refractivity contribution in [3.8, 4) is 11.5 Å².